The highest BCUT2D eigenvalue weighted by Crippen LogP contribution is 2.19. The molecule has 1 heterocycles. The zero-order valence-electron chi connectivity index (χ0n) is 13.8. The van der Waals surface area contributed by atoms with Crippen LogP contribution in [0.2, 0.25) is 0 Å². The number of nitrogens with one attached hydrogen (secondary N) is 1. The summed E-state index contributed by atoms with van der Waals surface area (Å²) in [4.78, 5) is 9.26. The first-order valence-electron chi connectivity index (χ1n) is 8.07. The summed E-state index contributed by atoms with van der Waals surface area (Å²) in [7, 11) is 4.07. The number of likely N-dealkylation sites (tertiary alicyclic amines) is 1. The van der Waals surface area contributed by atoms with Gasteiger partial charge in [-0.05, 0) is 51.6 Å². The van der Waals surface area contributed by atoms with Gasteiger partial charge in [-0.15, -0.1) is 0 Å². The summed E-state index contributed by atoms with van der Waals surface area (Å²) in [5, 5.41) is 3.38. The Balaban J connectivity index is 2.11. The Hall–Kier alpha value is -1.62. The summed E-state index contributed by atoms with van der Waals surface area (Å²) >= 11 is 0. The molecule has 1 aromatic carbocycles. The van der Waals surface area contributed by atoms with Crippen molar-refractivity contribution in [2.24, 2.45) is 4.99 Å². The van der Waals surface area contributed by atoms with Crippen LogP contribution in [0, 0.1) is 5.82 Å². The van der Waals surface area contributed by atoms with E-state index in [0.717, 1.165) is 31.2 Å². The van der Waals surface area contributed by atoms with Gasteiger partial charge in [-0.3, -0.25) is 4.99 Å². The van der Waals surface area contributed by atoms with Crippen LogP contribution >= 0.6 is 0 Å². The molecular weight excluding hydrogens is 279 g/mol. The Morgan fingerprint density at radius 3 is 2.45 bits per heavy atom. The third kappa shape index (κ3) is 4.44. The summed E-state index contributed by atoms with van der Waals surface area (Å²) in [5.74, 6) is 0.795. The zero-order valence-corrected chi connectivity index (χ0v) is 13.8. The molecule has 1 aliphatic heterocycles. The van der Waals surface area contributed by atoms with Crippen LogP contribution in [0.15, 0.2) is 29.3 Å². The van der Waals surface area contributed by atoms with Gasteiger partial charge in [0.05, 0.1) is 12.6 Å². The van der Waals surface area contributed by atoms with Gasteiger partial charge in [-0.2, -0.15) is 0 Å². The Kier molecular flexibility index (Phi) is 6.19. The van der Waals surface area contributed by atoms with Gasteiger partial charge in [-0.1, -0.05) is 12.1 Å². The van der Waals surface area contributed by atoms with E-state index in [0.29, 0.717) is 6.54 Å². The summed E-state index contributed by atoms with van der Waals surface area (Å²) in [6, 6.07) is 6.87. The lowest BCUT2D eigenvalue weighted by atomic mass is 10.1. The van der Waals surface area contributed by atoms with E-state index >= 15 is 0 Å². The molecule has 0 radical (unpaired) electrons. The van der Waals surface area contributed by atoms with Crippen LogP contribution in [0.4, 0.5) is 4.39 Å². The van der Waals surface area contributed by atoms with Crippen LogP contribution in [0.25, 0.3) is 0 Å². The predicted octanol–water partition coefficient (Wildman–Crippen LogP) is 2.49. The lowest BCUT2D eigenvalue weighted by Crippen LogP contribution is -2.40. The number of likely N-dealkylation sites (N-methyl/N-ethyl adjacent to an activating group) is 1. The van der Waals surface area contributed by atoms with Crippen molar-refractivity contribution in [1.29, 1.82) is 0 Å². The fourth-order valence-electron chi connectivity index (χ4n) is 2.78. The molecule has 0 spiro atoms. The van der Waals surface area contributed by atoms with E-state index < -0.39 is 0 Å². The van der Waals surface area contributed by atoms with Crippen LogP contribution in [-0.4, -0.2) is 56.0 Å². The van der Waals surface area contributed by atoms with Crippen molar-refractivity contribution in [2.45, 2.75) is 25.8 Å². The first-order chi connectivity index (χ1) is 10.6. The largest absolute Gasteiger partial charge is 0.357 e. The molecule has 22 heavy (non-hydrogen) atoms. The van der Waals surface area contributed by atoms with Gasteiger partial charge >= 0.3 is 0 Å². The molecule has 0 saturated carbocycles. The third-order valence-electron chi connectivity index (χ3n) is 4.03. The van der Waals surface area contributed by atoms with E-state index in [1.807, 2.05) is 26.2 Å². The molecular formula is C17H27FN4. The maximum Gasteiger partial charge on any atom is 0.193 e. The number of rotatable bonds is 5. The van der Waals surface area contributed by atoms with E-state index in [9.17, 15) is 4.39 Å². The van der Waals surface area contributed by atoms with Crippen LogP contribution in [-0.2, 0) is 0 Å². The van der Waals surface area contributed by atoms with Crippen molar-refractivity contribution >= 4 is 5.96 Å². The molecule has 122 valence electrons. The molecule has 1 N–H and O–H groups in total. The van der Waals surface area contributed by atoms with Gasteiger partial charge in [0.2, 0.25) is 0 Å². The SMILES string of the molecule is CCNC(=NCC(c1ccc(F)cc1)N(C)C)N1CCCC1. The Morgan fingerprint density at radius 2 is 1.91 bits per heavy atom. The number of nitrogens with zero attached hydrogens (tertiary/aromatic N) is 3. The second-order valence-electron chi connectivity index (χ2n) is 5.92. The monoisotopic (exact) mass is 306 g/mol. The van der Waals surface area contributed by atoms with Crippen molar-refractivity contribution < 1.29 is 4.39 Å². The molecule has 4 nitrogen and oxygen atoms in total. The molecule has 5 heteroatoms. The molecule has 1 aliphatic rings. The average molecular weight is 306 g/mol. The highest BCUT2D eigenvalue weighted by atomic mass is 19.1. The first-order valence-corrected chi connectivity index (χ1v) is 8.07. The van der Waals surface area contributed by atoms with Crippen molar-refractivity contribution in [2.75, 3.05) is 40.3 Å². The molecule has 0 aromatic heterocycles. The normalized spacial score (nSPS) is 17.1. The van der Waals surface area contributed by atoms with E-state index in [-0.39, 0.29) is 11.9 Å². The second-order valence-corrected chi connectivity index (χ2v) is 5.92. The maximum absolute atomic E-state index is 13.1. The van der Waals surface area contributed by atoms with Crippen molar-refractivity contribution in [3.8, 4) is 0 Å². The molecule has 0 bridgehead atoms. The molecule has 1 aromatic rings. The second kappa shape index (κ2) is 8.13. The van der Waals surface area contributed by atoms with E-state index in [2.05, 4.69) is 22.0 Å². The highest BCUT2D eigenvalue weighted by Gasteiger charge is 2.18. The Morgan fingerprint density at radius 1 is 1.27 bits per heavy atom. The fraction of sp³-hybridized carbons (Fsp3) is 0.588. The highest BCUT2D eigenvalue weighted by molar-refractivity contribution is 5.80. The average Bonchev–Trinajstić information content (AvgIpc) is 3.02. The molecule has 1 fully saturated rings. The molecule has 1 saturated heterocycles. The lowest BCUT2D eigenvalue weighted by molar-refractivity contribution is 0.305. The van der Waals surface area contributed by atoms with Gasteiger partial charge in [0, 0.05) is 19.6 Å². The van der Waals surface area contributed by atoms with Gasteiger partial charge in [0.25, 0.3) is 0 Å². The minimum absolute atomic E-state index is 0.150. The molecule has 0 amide bonds. The molecule has 1 atom stereocenters. The van der Waals surface area contributed by atoms with Crippen molar-refractivity contribution in [3.63, 3.8) is 0 Å². The number of guanidine groups is 1. The molecule has 1 unspecified atom stereocenters. The minimum Gasteiger partial charge on any atom is -0.357 e. The summed E-state index contributed by atoms with van der Waals surface area (Å²) in [6.45, 7) is 5.79. The number of hydrogen-bond acceptors (Lipinski definition) is 2. The lowest BCUT2D eigenvalue weighted by Gasteiger charge is -2.25. The van der Waals surface area contributed by atoms with Crippen molar-refractivity contribution in [3.05, 3.63) is 35.6 Å². The van der Waals surface area contributed by atoms with Crippen LogP contribution in [0.3, 0.4) is 0 Å². The summed E-state index contributed by atoms with van der Waals surface area (Å²) < 4.78 is 13.1. The smallest absolute Gasteiger partial charge is 0.193 e. The van der Waals surface area contributed by atoms with Gasteiger partial charge < -0.3 is 15.1 Å². The van der Waals surface area contributed by atoms with Gasteiger partial charge in [0.15, 0.2) is 5.96 Å². The van der Waals surface area contributed by atoms with Crippen LogP contribution < -0.4 is 5.32 Å². The van der Waals surface area contributed by atoms with E-state index in [4.69, 9.17) is 4.99 Å². The standard InChI is InChI=1S/C17H27FN4/c1-4-19-17(22-11-5-6-12-22)20-13-16(21(2)3)14-7-9-15(18)10-8-14/h7-10,16H,4-6,11-13H2,1-3H3,(H,19,20). The van der Waals surface area contributed by atoms with E-state index in [1.165, 1.54) is 25.0 Å². The number of aliphatic imine (C=N–C) groups is 1. The molecule has 0 aliphatic carbocycles. The van der Waals surface area contributed by atoms with Gasteiger partial charge in [-0.25, -0.2) is 4.39 Å². The fourth-order valence-corrected chi connectivity index (χ4v) is 2.78. The number of hydrogen-bond donors (Lipinski definition) is 1. The molecule has 2 rings (SSSR count). The number of halogens is 1. The van der Waals surface area contributed by atoms with Gasteiger partial charge in [0.1, 0.15) is 5.82 Å². The quantitative estimate of drug-likeness (QED) is 0.670. The number of benzene rings is 1. The topological polar surface area (TPSA) is 30.9 Å². The summed E-state index contributed by atoms with van der Waals surface area (Å²) in [6.07, 6.45) is 2.47. The first kappa shape index (κ1) is 16.7. The van der Waals surface area contributed by atoms with Crippen LogP contribution in [0.1, 0.15) is 31.4 Å². The predicted molar refractivity (Wildman–Crippen MR) is 89.6 cm³/mol. The Bertz CT molecular complexity index is 478. The van der Waals surface area contributed by atoms with Crippen molar-refractivity contribution in [1.82, 2.24) is 15.1 Å². The maximum atomic E-state index is 13.1. The van der Waals surface area contributed by atoms with E-state index in [1.54, 1.807) is 0 Å². The summed E-state index contributed by atoms with van der Waals surface area (Å²) in [5.41, 5.74) is 1.09. The minimum atomic E-state index is -0.199. The Labute approximate surface area is 133 Å². The zero-order chi connectivity index (χ0) is 15.9. The van der Waals surface area contributed by atoms with Crippen LogP contribution in [0.5, 0.6) is 0 Å². The third-order valence-corrected chi connectivity index (χ3v) is 4.03.